The average molecular weight is 469 g/mol. The highest BCUT2D eigenvalue weighted by atomic mass is 35.5. The molecule has 0 amide bonds. The van der Waals surface area contributed by atoms with E-state index in [-0.39, 0.29) is 17.8 Å². The molecule has 1 heterocycles. The van der Waals surface area contributed by atoms with Gasteiger partial charge in [-0.1, -0.05) is 42.5 Å². The topological polar surface area (TPSA) is 34.2 Å². The van der Waals surface area contributed by atoms with E-state index in [1.807, 2.05) is 31.2 Å². The molecule has 3 nitrogen and oxygen atoms in total. The van der Waals surface area contributed by atoms with Crippen molar-refractivity contribution in [1.82, 2.24) is 4.98 Å². The molecule has 1 aliphatic rings. The molecular weight excluding hydrogens is 443 g/mol. The number of nitrogens with zero attached hydrogens (tertiary/aromatic N) is 1. The van der Waals surface area contributed by atoms with Gasteiger partial charge in [-0.05, 0) is 61.6 Å². The second-order valence-corrected chi connectivity index (χ2v) is 9.96. The lowest BCUT2D eigenvalue weighted by Gasteiger charge is -2.25. The summed E-state index contributed by atoms with van der Waals surface area (Å²) in [5.74, 6) is 4.07. The third-order valence-corrected chi connectivity index (χ3v) is 7.21. The van der Waals surface area contributed by atoms with Crippen molar-refractivity contribution in [2.45, 2.75) is 45.1 Å². The summed E-state index contributed by atoms with van der Waals surface area (Å²) >= 11 is 8.02. The highest BCUT2D eigenvalue weighted by Gasteiger charge is 2.31. The molecule has 4 rings (SSSR count). The van der Waals surface area contributed by atoms with E-state index in [9.17, 15) is 4.39 Å². The zero-order chi connectivity index (χ0) is 22.8. The molecule has 0 spiro atoms. The van der Waals surface area contributed by atoms with Crippen molar-refractivity contribution in [3.63, 3.8) is 0 Å². The molecule has 1 N–H and O–H groups in total. The maximum Gasteiger partial charge on any atom is 0.184 e. The Kier molecular flexibility index (Phi) is 6.74. The Balaban J connectivity index is 1.61. The van der Waals surface area contributed by atoms with Crippen LogP contribution in [0.5, 0.6) is 5.75 Å². The van der Waals surface area contributed by atoms with Gasteiger partial charge in [0.15, 0.2) is 5.13 Å². The van der Waals surface area contributed by atoms with Crippen LogP contribution in [0, 0.1) is 37.9 Å². The lowest BCUT2D eigenvalue weighted by molar-refractivity contribution is 0.415. The van der Waals surface area contributed by atoms with E-state index in [0.29, 0.717) is 22.3 Å². The Morgan fingerprint density at radius 3 is 2.69 bits per heavy atom. The number of terminal acetylenes is 1. The highest BCUT2D eigenvalue weighted by Crippen LogP contribution is 2.42. The summed E-state index contributed by atoms with van der Waals surface area (Å²) in [6.07, 6.45) is 9.32. The van der Waals surface area contributed by atoms with Gasteiger partial charge < -0.3 is 10.1 Å². The first-order chi connectivity index (χ1) is 15.4. The molecule has 0 saturated heterocycles. The monoisotopic (exact) mass is 468 g/mol. The number of nitrogens with one attached hydrogen (secondary N) is 1. The van der Waals surface area contributed by atoms with Gasteiger partial charge in [-0.3, -0.25) is 0 Å². The first-order valence-electron chi connectivity index (χ1n) is 10.7. The summed E-state index contributed by atoms with van der Waals surface area (Å²) in [4.78, 5) is 5.84. The lowest BCUT2D eigenvalue weighted by Crippen LogP contribution is -2.26. The lowest BCUT2D eigenvalue weighted by atomic mass is 9.86. The fourth-order valence-corrected chi connectivity index (χ4v) is 5.06. The molecule has 0 bridgehead atoms. The minimum atomic E-state index is -0.289. The summed E-state index contributed by atoms with van der Waals surface area (Å²) in [6, 6.07) is 10.7. The Morgan fingerprint density at radius 2 is 2.06 bits per heavy atom. The van der Waals surface area contributed by atoms with Crippen molar-refractivity contribution in [2.75, 3.05) is 12.4 Å². The summed E-state index contributed by atoms with van der Waals surface area (Å²) < 4.78 is 19.6. The predicted molar refractivity (Wildman–Crippen MR) is 131 cm³/mol. The number of thiazole rings is 1. The fourth-order valence-electron chi connectivity index (χ4n) is 3.93. The van der Waals surface area contributed by atoms with Gasteiger partial charge in [-0.15, -0.1) is 17.8 Å². The largest absolute Gasteiger partial charge is 0.497 e. The second kappa shape index (κ2) is 9.52. The van der Waals surface area contributed by atoms with Gasteiger partial charge in [0.2, 0.25) is 0 Å². The van der Waals surface area contributed by atoms with Crippen molar-refractivity contribution < 1.29 is 9.13 Å². The molecule has 1 fully saturated rings. The zero-order valence-electron chi connectivity index (χ0n) is 18.4. The SMILES string of the molecule is C#CC(Nc1nc(-c2ccc(OC)cc2Cl)c(C)s1)[C@@H](CC1CC1)c1ccc(C)c(F)c1. The zero-order valence-corrected chi connectivity index (χ0v) is 20.0. The number of aromatic nitrogens is 1. The molecule has 1 aliphatic carbocycles. The number of halogens is 2. The Morgan fingerprint density at radius 1 is 1.28 bits per heavy atom. The average Bonchev–Trinajstić information content (AvgIpc) is 3.53. The van der Waals surface area contributed by atoms with Crippen LogP contribution in [0.3, 0.4) is 0 Å². The molecule has 32 heavy (non-hydrogen) atoms. The molecule has 1 unspecified atom stereocenters. The number of methoxy groups -OCH3 is 1. The van der Waals surface area contributed by atoms with E-state index >= 15 is 0 Å². The summed E-state index contributed by atoms with van der Waals surface area (Å²) in [6.45, 7) is 3.79. The molecule has 2 aromatic carbocycles. The van der Waals surface area contributed by atoms with Gasteiger partial charge in [-0.25, -0.2) is 9.37 Å². The van der Waals surface area contributed by atoms with Crippen molar-refractivity contribution in [3.8, 4) is 29.4 Å². The summed E-state index contributed by atoms with van der Waals surface area (Å²) in [7, 11) is 1.61. The van der Waals surface area contributed by atoms with E-state index in [4.69, 9.17) is 27.7 Å². The molecule has 1 aromatic heterocycles. The van der Waals surface area contributed by atoms with Crippen LogP contribution in [0.2, 0.25) is 5.02 Å². The molecular formula is C26H26ClFN2OS. The van der Waals surface area contributed by atoms with Crippen LogP contribution in [0.1, 0.15) is 41.2 Å². The summed E-state index contributed by atoms with van der Waals surface area (Å²) in [5, 5.41) is 4.77. The maximum atomic E-state index is 14.3. The molecule has 6 heteroatoms. The highest BCUT2D eigenvalue weighted by molar-refractivity contribution is 7.16. The first-order valence-corrected chi connectivity index (χ1v) is 11.9. The molecule has 0 radical (unpaired) electrons. The van der Waals surface area contributed by atoms with E-state index in [1.165, 1.54) is 12.8 Å². The van der Waals surface area contributed by atoms with Crippen LogP contribution in [0.25, 0.3) is 11.3 Å². The van der Waals surface area contributed by atoms with Crippen molar-refractivity contribution >= 4 is 28.1 Å². The van der Waals surface area contributed by atoms with Gasteiger partial charge in [0.05, 0.1) is 23.9 Å². The van der Waals surface area contributed by atoms with Crippen LogP contribution in [-0.2, 0) is 0 Å². The van der Waals surface area contributed by atoms with Crippen LogP contribution >= 0.6 is 22.9 Å². The number of rotatable bonds is 8. The Bertz CT molecular complexity index is 1170. The number of benzene rings is 2. The molecule has 3 aromatic rings. The van der Waals surface area contributed by atoms with Crippen LogP contribution in [0.4, 0.5) is 9.52 Å². The number of hydrogen-bond acceptors (Lipinski definition) is 4. The number of anilines is 1. The number of ether oxygens (including phenoxy) is 1. The Hall–Kier alpha value is -2.55. The molecule has 166 valence electrons. The quantitative estimate of drug-likeness (QED) is 0.354. The minimum Gasteiger partial charge on any atom is -0.497 e. The van der Waals surface area contributed by atoms with Crippen molar-refractivity contribution in [3.05, 3.63) is 63.2 Å². The van der Waals surface area contributed by atoms with Gasteiger partial charge in [-0.2, -0.15) is 0 Å². The van der Waals surface area contributed by atoms with Gasteiger partial charge >= 0.3 is 0 Å². The standard InChI is InChI=1S/C26H26ClFN2OS/c1-5-24(21(12-17-7-8-17)18-9-6-15(2)23(28)13-18)29-26-30-25(16(3)32-26)20-11-10-19(31-4)14-22(20)27/h1,6,9-11,13-14,17,21,24H,7-8,12H2,2-4H3,(H,29,30)/t21-,24?/m0/s1. The third-order valence-electron chi connectivity index (χ3n) is 6.00. The molecule has 2 atom stereocenters. The van der Waals surface area contributed by atoms with Crippen molar-refractivity contribution in [1.29, 1.82) is 0 Å². The second-order valence-electron chi connectivity index (χ2n) is 8.35. The smallest absolute Gasteiger partial charge is 0.184 e. The van der Waals surface area contributed by atoms with Crippen LogP contribution in [0.15, 0.2) is 36.4 Å². The van der Waals surface area contributed by atoms with Crippen LogP contribution in [-0.4, -0.2) is 18.1 Å². The fraction of sp³-hybridized carbons (Fsp3) is 0.346. The maximum absolute atomic E-state index is 14.3. The Labute approximate surface area is 198 Å². The van der Waals surface area contributed by atoms with E-state index < -0.39 is 0 Å². The minimum absolute atomic E-state index is 0.0137. The number of aryl methyl sites for hydroxylation is 2. The first kappa shape index (κ1) is 22.6. The van der Waals surface area contributed by atoms with Crippen molar-refractivity contribution in [2.24, 2.45) is 5.92 Å². The predicted octanol–water partition coefficient (Wildman–Crippen LogP) is 7.23. The van der Waals surface area contributed by atoms with Gasteiger partial charge in [0, 0.05) is 16.4 Å². The van der Waals surface area contributed by atoms with E-state index in [2.05, 4.69) is 11.2 Å². The van der Waals surface area contributed by atoms with E-state index in [0.717, 1.165) is 33.3 Å². The third kappa shape index (κ3) is 4.92. The molecule has 0 aliphatic heterocycles. The van der Waals surface area contributed by atoms with Gasteiger partial charge in [0.1, 0.15) is 11.6 Å². The van der Waals surface area contributed by atoms with E-state index in [1.54, 1.807) is 37.5 Å². The van der Waals surface area contributed by atoms with Gasteiger partial charge in [0.25, 0.3) is 0 Å². The normalized spacial score (nSPS) is 15.1. The number of hydrogen-bond donors (Lipinski definition) is 1. The van der Waals surface area contributed by atoms with Crippen LogP contribution < -0.4 is 10.1 Å². The summed E-state index contributed by atoms with van der Waals surface area (Å²) in [5.41, 5.74) is 3.24. The molecule has 1 saturated carbocycles.